The van der Waals surface area contributed by atoms with Crippen LogP contribution >= 0.6 is 11.6 Å². The number of nitrogens with zero attached hydrogens (tertiary/aromatic N) is 2. The SMILES string of the molecule is O=[N+]([O-])C1Cc2cc(Cl)ccc2N2CCCCCCCC12. The summed E-state index contributed by atoms with van der Waals surface area (Å²) >= 11 is 6.08. The molecule has 0 radical (unpaired) electrons. The summed E-state index contributed by atoms with van der Waals surface area (Å²) in [5.74, 6) is 0. The summed E-state index contributed by atoms with van der Waals surface area (Å²) in [5.41, 5.74) is 2.18. The second-order valence-corrected chi connectivity index (χ2v) is 6.58. The quantitative estimate of drug-likeness (QED) is 0.580. The maximum Gasteiger partial charge on any atom is 0.237 e. The van der Waals surface area contributed by atoms with Crippen molar-refractivity contribution >= 4 is 17.3 Å². The van der Waals surface area contributed by atoms with E-state index in [2.05, 4.69) is 4.90 Å². The molecule has 5 heteroatoms. The minimum absolute atomic E-state index is 0.0341. The summed E-state index contributed by atoms with van der Waals surface area (Å²) in [6, 6.07) is 5.37. The van der Waals surface area contributed by atoms with Gasteiger partial charge in [-0.3, -0.25) is 10.1 Å². The molecule has 2 aliphatic heterocycles. The van der Waals surface area contributed by atoms with E-state index in [0.717, 1.165) is 37.1 Å². The molecule has 0 aromatic heterocycles. The van der Waals surface area contributed by atoms with Crippen molar-refractivity contribution in [3.63, 3.8) is 0 Å². The number of nitro groups is 1. The molecule has 2 unspecified atom stereocenters. The van der Waals surface area contributed by atoms with Gasteiger partial charge in [-0.1, -0.05) is 37.3 Å². The smallest absolute Gasteiger partial charge is 0.237 e. The first-order valence-electron chi connectivity index (χ1n) is 7.85. The molecular weight excluding hydrogens is 288 g/mol. The number of halogens is 1. The lowest BCUT2D eigenvalue weighted by Crippen LogP contribution is -2.52. The molecule has 2 aliphatic rings. The van der Waals surface area contributed by atoms with E-state index >= 15 is 0 Å². The third kappa shape index (κ3) is 3.00. The Morgan fingerprint density at radius 2 is 1.95 bits per heavy atom. The molecule has 0 spiro atoms. The van der Waals surface area contributed by atoms with Gasteiger partial charge in [-0.05, 0) is 36.6 Å². The molecule has 0 saturated carbocycles. The molecule has 4 nitrogen and oxygen atoms in total. The largest absolute Gasteiger partial charge is 0.361 e. The van der Waals surface area contributed by atoms with Crippen LogP contribution in [0.5, 0.6) is 0 Å². The normalized spacial score (nSPS) is 26.0. The first-order chi connectivity index (χ1) is 10.2. The molecule has 0 N–H and O–H groups in total. The summed E-state index contributed by atoms with van der Waals surface area (Å²) in [5, 5.41) is 12.2. The van der Waals surface area contributed by atoms with Crippen LogP contribution in [0.2, 0.25) is 5.02 Å². The molecule has 114 valence electrons. The molecule has 3 rings (SSSR count). The van der Waals surface area contributed by atoms with E-state index in [1.165, 1.54) is 19.3 Å². The summed E-state index contributed by atoms with van der Waals surface area (Å²) in [6.07, 6.45) is 7.30. The van der Waals surface area contributed by atoms with E-state index in [9.17, 15) is 10.1 Å². The van der Waals surface area contributed by atoms with Gasteiger partial charge in [0.25, 0.3) is 0 Å². The molecule has 1 aromatic carbocycles. The van der Waals surface area contributed by atoms with Crippen molar-refractivity contribution in [2.75, 3.05) is 11.4 Å². The second kappa shape index (κ2) is 6.22. The fraction of sp³-hybridized carbons (Fsp3) is 0.625. The monoisotopic (exact) mass is 308 g/mol. The zero-order valence-electron chi connectivity index (χ0n) is 12.1. The zero-order chi connectivity index (χ0) is 14.8. The van der Waals surface area contributed by atoms with Crippen LogP contribution in [0.4, 0.5) is 5.69 Å². The van der Waals surface area contributed by atoms with Crippen molar-refractivity contribution in [3.05, 3.63) is 38.9 Å². The Morgan fingerprint density at radius 3 is 2.76 bits per heavy atom. The first kappa shape index (κ1) is 14.6. The van der Waals surface area contributed by atoms with Gasteiger partial charge in [-0.25, -0.2) is 0 Å². The second-order valence-electron chi connectivity index (χ2n) is 6.15. The van der Waals surface area contributed by atoms with Crippen LogP contribution in [-0.4, -0.2) is 23.6 Å². The van der Waals surface area contributed by atoms with Gasteiger partial charge in [-0.2, -0.15) is 0 Å². The predicted molar refractivity (Wildman–Crippen MR) is 84.8 cm³/mol. The van der Waals surface area contributed by atoms with E-state index in [4.69, 9.17) is 11.6 Å². The summed E-state index contributed by atoms with van der Waals surface area (Å²) in [6.45, 7) is 0.920. The molecule has 0 bridgehead atoms. The fourth-order valence-corrected chi connectivity index (χ4v) is 3.96. The van der Waals surface area contributed by atoms with Crippen LogP contribution in [0.15, 0.2) is 18.2 Å². The Bertz CT molecular complexity index is 535. The first-order valence-corrected chi connectivity index (χ1v) is 8.23. The lowest BCUT2D eigenvalue weighted by molar-refractivity contribution is -0.526. The third-order valence-corrected chi connectivity index (χ3v) is 5.03. The summed E-state index contributed by atoms with van der Waals surface area (Å²) < 4.78 is 0. The molecular formula is C16H21ClN2O2. The van der Waals surface area contributed by atoms with Crippen molar-refractivity contribution in [3.8, 4) is 0 Å². The third-order valence-electron chi connectivity index (χ3n) is 4.79. The molecule has 2 atom stereocenters. The highest BCUT2D eigenvalue weighted by atomic mass is 35.5. The van der Waals surface area contributed by atoms with Gasteiger partial charge in [-0.15, -0.1) is 0 Å². The number of rotatable bonds is 1. The van der Waals surface area contributed by atoms with Gasteiger partial charge in [0.1, 0.15) is 0 Å². The van der Waals surface area contributed by atoms with Crippen molar-refractivity contribution in [1.82, 2.24) is 0 Å². The van der Waals surface area contributed by atoms with Gasteiger partial charge in [0, 0.05) is 28.6 Å². The maximum absolute atomic E-state index is 11.5. The van der Waals surface area contributed by atoms with Gasteiger partial charge in [0.2, 0.25) is 6.04 Å². The van der Waals surface area contributed by atoms with E-state index in [1.54, 1.807) is 0 Å². The summed E-state index contributed by atoms with van der Waals surface area (Å²) in [7, 11) is 0. The van der Waals surface area contributed by atoms with E-state index in [-0.39, 0.29) is 11.0 Å². The Balaban J connectivity index is 1.99. The molecule has 0 amide bonds. The van der Waals surface area contributed by atoms with Gasteiger partial charge < -0.3 is 4.90 Å². The minimum Gasteiger partial charge on any atom is -0.361 e. The molecule has 1 saturated heterocycles. The van der Waals surface area contributed by atoms with Crippen molar-refractivity contribution < 1.29 is 4.92 Å². The predicted octanol–water partition coefficient (Wildman–Crippen LogP) is 4.07. The molecule has 0 aliphatic carbocycles. The van der Waals surface area contributed by atoms with Crippen LogP contribution in [0.25, 0.3) is 0 Å². The van der Waals surface area contributed by atoms with Gasteiger partial charge in [0.15, 0.2) is 0 Å². The van der Waals surface area contributed by atoms with Crippen LogP contribution < -0.4 is 4.90 Å². The van der Waals surface area contributed by atoms with Crippen LogP contribution in [0.3, 0.4) is 0 Å². The van der Waals surface area contributed by atoms with Crippen LogP contribution in [0, 0.1) is 10.1 Å². The highest BCUT2D eigenvalue weighted by Crippen LogP contribution is 2.36. The van der Waals surface area contributed by atoms with Gasteiger partial charge >= 0.3 is 0 Å². The number of benzene rings is 1. The molecule has 2 heterocycles. The zero-order valence-corrected chi connectivity index (χ0v) is 12.9. The van der Waals surface area contributed by atoms with Gasteiger partial charge in [0.05, 0.1) is 6.04 Å². The van der Waals surface area contributed by atoms with Crippen molar-refractivity contribution in [1.29, 1.82) is 0 Å². The Morgan fingerprint density at radius 1 is 1.19 bits per heavy atom. The highest BCUT2D eigenvalue weighted by molar-refractivity contribution is 6.30. The lowest BCUT2D eigenvalue weighted by atomic mass is 9.88. The molecule has 21 heavy (non-hydrogen) atoms. The van der Waals surface area contributed by atoms with Crippen LogP contribution in [-0.2, 0) is 6.42 Å². The van der Waals surface area contributed by atoms with E-state index in [0.29, 0.717) is 11.4 Å². The highest BCUT2D eigenvalue weighted by Gasteiger charge is 2.41. The summed E-state index contributed by atoms with van der Waals surface area (Å²) in [4.78, 5) is 13.7. The number of hydrogen-bond donors (Lipinski definition) is 0. The maximum atomic E-state index is 11.5. The van der Waals surface area contributed by atoms with Crippen molar-refractivity contribution in [2.45, 2.75) is 57.0 Å². The van der Waals surface area contributed by atoms with Crippen LogP contribution in [0.1, 0.15) is 44.1 Å². The van der Waals surface area contributed by atoms with E-state index in [1.807, 2.05) is 18.2 Å². The Labute approximate surface area is 130 Å². The molecule has 1 fully saturated rings. The lowest BCUT2D eigenvalue weighted by Gasteiger charge is -2.40. The Kier molecular flexibility index (Phi) is 4.34. The number of anilines is 1. The molecule has 1 aromatic rings. The topological polar surface area (TPSA) is 46.4 Å². The average molecular weight is 309 g/mol. The van der Waals surface area contributed by atoms with E-state index < -0.39 is 6.04 Å². The number of fused-ring (bicyclic) bond motifs is 3. The number of hydrogen-bond acceptors (Lipinski definition) is 3. The fourth-order valence-electron chi connectivity index (χ4n) is 3.76. The van der Waals surface area contributed by atoms with Crippen molar-refractivity contribution in [2.24, 2.45) is 0 Å². The average Bonchev–Trinajstić information content (AvgIpc) is 2.57. The minimum atomic E-state index is -0.505. The standard InChI is InChI=1S/C16H21ClN2O2/c17-13-7-8-14-12(10-13)11-16(19(20)21)15-6-4-2-1-3-5-9-18(14)15/h7-8,10,15-16H,1-6,9,11H2. The Hall–Kier alpha value is -1.29.